The minimum Gasteiger partial charge on any atom is -0.469 e. The van der Waals surface area contributed by atoms with Crippen molar-refractivity contribution in [2.45, 2.75) is 25.7 Å². The van der Waals surface area contributed by atoms with Crippen molar-refractivity contribution in [3.63, 3.8) is 0 Å². The number of urea groups is 1. The van der Waals surface area contributed by atoms with E-state index in [1.54, 1.807) is 4.90 Å². The van der Waals surface area contributed by atoms with Crippen molar-refractivity contribution in [2.75, 3.05) is 36.5 Å². The average molecular weight is 345 g/mol. The molecule has 0 unspecified atom stereocenters. The molecular formula is C18H23N3O4. The first-order valence-corrected chi connectivity index (χ1v) is 8.60. The average Bonchev–Trinajstić information content (AvgIpc) is 2.62. The van der Waals surface area contributed by atoms with Crippen LogP contribution in [0, 0.1) is 5.92 Å². The summed E-state index contributed by atoms with van der Waals surface area (Å²) < 4.78 is 4.74. The van der Waals surface area contributed by atoms with E-state index in [4.69, 9.17) is 4.74 Å². The molecule has 134 valence electrons. The van der Waals surface area contributed by atoms with Crippen LogP contribution in [-0.4, -0.2) is 44.7 Å². The molecule has 0 radical (unpaired) electrons. The topological polar surface area (TPSA) is 79.0 Å². The highest BCUT2D eigenvalue weighted by molar-refractivity contribution is 6.05. The van der Waals surface area contributed by atoms with Crippen LogP contribution in [0.5, 0.6) is 0 Å². The summed E-state index contributed by atoms with van der Waals surface area (Å²) in [7, 11) is 1.43. The Bertz CT molecular complexity index is 651. The molecule has 1 aromatic rings. The number of hydrogen-bond acceptors (Lipinski definition) is 5. The molecule has 0 saturated carbocycles. The molecule has 2 aliphatic heterocycles. The highest BCUT2D eigenvalue weighted by atomic mass is 16.5. The summed E-state index contributed by atoms with van der Waals surface area (Å²) in [6.45, 7) is 2.21. The molecule has 7 nitrogen and oxygen atoms in total. The Kier molecular flexibility index (Phi) is 5.21. The van der Waals surface area contributed by atoms with Crippen molar-refractivity contribution < 1.29 is 19.1 Å². The highest BCUT2D eigenvalue weighted by Crippen LogP contribution is 2.27. The Hall–Kier alpha value is -2.57. The third-order valence-electron chi connectivity index (χ3n) is 4.88. The first-order valence-electron chi connectivity index (χ1n) is 8.60. The zero-order chi connectivity index (χ0) is 17.8. The summed E-state index contributed by atoms with van der Waals surface area (Å²) in [5, 5.41) is 2.33. The number of methoxy groups -OCH3 is 1. The molecule has 3 rings (SSSR count). The van der Waals surface area contributed by atoms with Crippen LogP contribution in [0.2, 0.25) is 0 Å². The van der Waals surface area contributed by atoms with Crippen LogP contribution in [0.4, 0.5) is 16.2 Å². The van der Waals surface area contributed by atoms with Crippen molar-refractivity contribution in [3.8, 4) is 0 Å². The van der Waals surface area contributed by atoms with E-state index in [1.165, 1.54) is 7.11 Å². The molecule has 0 atom stereocenters. The van der Waals surface area contributed by atoms with Gasteiger partial charge in [0.15, 0.2) is 0 Å². The van der Waals surface area contributed by atoms with Crippen molar-refractivity contribution >= 4 is 29.3 Å². The predicted octanol–water partition coefficient (Wildman–Crippen LogP) is 1.91. The molecule has 1 aromatic carbocycles. The lowest BCUT2D eigenvalue weighted by Crippen LogP contribution is -2.49. The van der Waals surface area contributed by atoms with Gasteiger partial charge < -0.3 is 9.64 Å². The van der Waals surface area contributed by atoms with E-state index in [0.29, 0.717) is 25.3 Å². The van der Waals surface area contributed by atoms with Gasteiger partial charge in [-0.2, -0.15) is 0 Å². The smallest absolute Gasteiger partial charge is 0.328 e. The molecule has 0 spiro atoms. The fourth-order valence-electron chi connectivity index (χ4n) is 3.37. The number of ether oxygens (including phenoxy) is 1. The molecule has 7 heteroatoms. The number of amides is 3. The first-order chi connectivity index (χ1) is 12.1. The number of nitrogens with one attached hydrogen (secondary N) is 1. The maximum absolute atomic E-state index is 11.9. The van der Waals surface area contributed by atoms with Crippen LogP contribution >= 0.6 is 0 Å². The van der Waals surface area contributed by atoms with Gasteiger partial charge in [0.05, 0.1) is 7.11 Å². The van der Waals surface area contributed by atoms with Gasteiger partial charge in [0, 0.05) is 43.9 Å². The fourth-order valence-corrected chi connectivity index (χ4v) is 3.37. The van der Waals surface area contributed by atoms with E-state index in [0.717, 1.165) is 37.3 Å². The summed E-state index contributed by atoms with van der Waals surface area (Å²) >= 11 is 0. The van der Waals surface area contributed by atoms with Gasteiger partial charge >= 0.3 is 12.0 Å². The van der Waals surface area contributed by atoms with Gasteiger partial charge in [-0.05, 0) is 43.0 Å². The van der Waals surface area contributed by atoms with Gasteiger partial charge in [-0.15, -0.1) is 0 Å². The fraction of sp³-hybridized carbons (Fsp3) is 0.500. The zero-order valence-corrected chi connectivity index (χ0v) is 14.4. The SMILES string of the molecule is COC(=O)CC1CCN(c2ccc(N3CCC(=O)NC3=O)cc2)CC1. The third kappa shape index (κ3) is 4.10. The van der Waals surface area contributed by atoms with E-state index < -0.39 is 0 Å². The number of anilines is 2. The van der Waals surface area contributed by atoms with Crippen LogP contribution in [0.25, 0.3) is 0 Å². The molecule has 0 aromatic heterocycles. The maximum Gasteiger partial charge on any atom is 0.328 e. The lowest BCUT2D eigenvalue weighted by atomic mass is 9.93. The van der Waals surface area contributed by atoms with Gasteiger partial charge in [0.2, 0.25) is 5.91 Å². The Labute approximate surface area is 146 Å². The number of carbonyl (C=O) groups excluding carboxylic acids is 3. The Morgan fingerprint density at radius 2 is 1.76 bits per heavy atom. The van der Waals surface area contributed by atoms with Crippen LogP contribution < -0.4 is 15.1 Å². The largest absolute Gasteiger partial charge is 0.469 e. The number of hydrogen-bond donors (Lipinski definition) is 1. The van der Waals surface area contributed by atoms with Crippen LogP contribution in [0.3, 0.4) is 0 Å². The second-order valence-electron chi connectivity index (χ2n) is 6.48. The summed E-state index contributed by atoms with van der Waals surface area (Å²) in [5.74, 6) is 0.0198. The molecule has 2 saturated heterocycles. The summed E-state index contributed by atoms with van der Waals surface area (Å²) in [5.41, 5.74) is 1.89. The van der Waals surface area contributed by atoms with Crippen LogP contribution in [-0.2, 0) is 14.3 Å². The lowest BCUT2D eigenvalue weighted by Gasteiger charge is -2.33. The Morgan fingerprint density at radius 3 is 2.36 bits per heavy atom. The number of rotatable bonds is 4. The van der Waals surface area contributed by atoms with Crippen molar-refractivity contribution in [1.29, 1.82) is 0 Å². The van der Waals surface area contributed by atoms with Crippen molar-refractivity contribution in [2.24, 2.45) is 5.92 Å². The minimum absolute atomic E-state index is 0.138. The number of benzene rings is 1. The first kappa shape index (κ1) is 17.3. The minimum atomic E-state index is -0.368. The van der Waals surface area contributed by atoms with E-state index in [-0.39, 0.29) is 17.9 Å². The highest BCUT2D eigenvalue weighted by Gasteiger charge is 2.25. The van der Waals surface area contributed by atoms with E-state index in [2.05, 4.69) is 10.2 Å². The normalized spacial score (nSPS) is 18.9. The number of imide groups is 1. The van der Waals surface area contributed by atoms with Crippen molar-refractivity contribution in [1.82, 2.24) is 5.32 Å². The standard InChI is InChI=1S/C18H23N3O4/c1-25-17(23)12-13-6-9-20(10-7-13)14-2-4-15(5-3-14)21-11-8-16(22)19-18(21)24/h2-5,13H,6-12H2,1H3,(H,19,22,24). The van der Waals surface area contributed by atoms with Gasteiger partial charge in [-0.1, -0.05) is 0 Å². The number of esters is 1. The monoisotopic (exact) mass is 345 g/mol. The predicted molar refractivity (Wildman–Crippen MR) is 93.5 cm³/mol. The Balaban J connectivity index is 1.57. The molecule has 2 aliphatic rings. The van der Waals surface area contributed by atoms with E-state index in [1.807, 2.05) is 24.3 Å². The molecule has 2 heterocycles. The molecular weight excluding hydrogens is 322 g/mol. The summed E-state index contributed by atoms with van der Waals surface area (Å²) in [6.07, 6.45) is 2.74. The summed E-state index contributed by atoms with van der Waals surface area (Å²) in [6, 6.07) is 7.45. The molecule has 0 bridgehead atoms. The van der Waals surface area contributed by atoms with Crippen LogP contribution in [0.15, 0.2) is 24.3 Å². The van der Waals surface area contributed by atoms with Crippen LogP contribution in [0.1, 0.15) is 25.7 Å². The van der Waals surface area contributed by atoms with E-state index >= 15 is 0 Å². The third-order valence-corrected chi connectivity index (χ3v) is 4.88. The molecule has 0 aliphatic carbocycles. The van der Waals surface area contributed by atoms with Crippen molar-refractivity contribution in [3.05, 3.63) is 24.3 Å². The van der Waals surface area contributed by atoms with Gasteiger partial charge in [0.1, 0.15) is 0 Å². The van der Waals surface area contributed by atoms with E-state index in [9.17, 15) is 14.4 Å². The van der Waals surface area contributed by atoms with Gasteiger partial charge in [-0.3, -0.25) is 19.8 Å². The second-order valence-corrected chi connectivity index (χ2v) is 6.48. The molecule has 25 heavy (non-hydrogen) atoms. The Morgan fingerprint density at radius 1 is 1.12 bits per heavy atom. The zero-order valence-electron chi connectivity index (χ0n) is 14.4. The number of carbonyl (C=O) groups is 3. The second kappa shape index (κ2) is 7.55. The van der Waals surface area contributed by atoms with Gasteiger partial charge in [0.25, 0.3) is 0 Å². The van der Waals surface area contributed by atoms with Gasteiger partial charge in [-0.25, -0.2) is 4.79 Å². The quantitative estimate of drug-likeness (QED) is 0.844. The number of nitrogens with zero attached hydrogens (tertiary/aromatic N) is 2. The number of piperidine rings is 1. The molecule has 2 fully saturated rings. The summed E-state index contributed by atoms with van der Waals surface area (Å²) in [4.78, 5) is 38.4. The maximum atomic E-state index is 11.9. The lowest BCUT2D eigenvalue weighted by molar-refractivity contribution is -0.141. The molecule has 3 amide bonds. The molecule has 1 N–H and O–H groups in total.